The number of aliphatic carboxylic acids is 1. The minimum Gasteiger partial charge on any atom is -0.480 e. The lowest BCUT2D eigenvalue weighted by molar-refractivity contribution is -0.139. The molecule has 0 spiro atoms. The molecule has 0 aliphatic rings. The van der Waals surface area contributed by atoms with Crippen molar-refractivity contribution in [2.24, 2.45) is 0 Å². The zero-order chi connectivity index (χ0) is 13.3. The van der Waals surface area contributed by atoms with Crippen LogP contribution >= 0.6 is 0 Å². The standard InChI is InChI=1S/C11H22N2O4/c1-4-5-8(2)12-11(16)13-9(10(14)15)6-7-17-3/h8-9H,4-7H2,1-3H3,(H,14,15)(H2,12,13,16). The number of carboxylic acid groups (broad SMARTS) is 1. The molecule has 100 valence electrons. The first kappa shape index (κ1) is 15.7. The normalized spacial score (nSPS) is 13.8. The molecule has 0 aliphatic heterocycles. The lowest BCUT2D eigenvalue weighted by atomic mass is 10.2. The van der Waals surface area contributed by atoms with E-state index in [4.69, 9.17) is 9.84 Å². The monoisotopic (exact) mass is 246 g/mol. The number of rotatable bonds is 8. The first-order valence-electron chi connectivity index (χ1n) is 5.80. The van der Waals surface area contributed by atoms with Crippen molar-refractivity contribution >= 4 is 12.0 Å². The Labute approximate surface area is 102 Å². The third-order valence-corrected chi connectivity index (χ3v) is 2.31. The van der Waals surface area contributed by atoms with E-state index in [2.05, 4.69) is 10.6 Å². The Bertz CT molecular complexity index is 246. The summed E-state index contributed by atoms with van der Waals surface area (Å²) in [5.41, 5.74) is 0. The van der Waals surface area contributed by atoms with E-state index in [1.165, 1.54) is 7.11 Å². The van der Waals surface area contributed by atoms with E-state index in [1.807, 2.05) is 13.8 Å². The van der Waals surface area contributed by atoms with Crippen LogP contribution in [-0.2, 0) is 9.53 Å². The summed E-state index contributed by atoms with van der Waals surface area (Å²) in [6, 6.07) is -1.32. The van der Waals surface area contributed by atoms with Crippen molar-refractivity contribution in [1.82, 2.24) is 10.6 Å². The minimum absolute atomic E-state index is 0.0388. The molecule has 2 unspecified atom stereocenters. The lowest BCUT2D eigenvalue weighted by Gasteiger charge is -2.17. The number of urea groups is 1. The van der Waals surface area contributed by atoms with E-state index in [1.54, 1.807) is 0 Å². The molecule has 0 bridgehead atoms. The zero-order valence-corrected chi connectivity index (χ0v) is 10.7. The number of nitrogens with one attached hydrogen (secondary N) is 2. The Morgan fingerprint density at radius 3 is 2.41 bits per heavy atom. The predicted octanol–water partition coefficient (Wildman–Crippen LogP) is 0.964. The summed E-state index contributed by atoms with van der Waals surface area (Å²) in [6.07, 6.45) is 2.08. The number of carboxylic acids is 1. The van der Waals surface area contributed by atoms with Crippen LogP contribution in [0.5, 0.6) is 0 Å². The highest BCUT2D eigenvalue weighted by Crippen LogP contribution is 1.96. The van der Waals surface area contributed by atoms with E-state index in [0.29, 0.717) is 6.61 Å². The number of hydrogen-bond acceptors (Lipinski definition) is 3. The topological polar surface area (TPSA) is 87.7 Å². The van der Waals surface area contributed by atoms with Crippen molar-refractivity contribution < 1.29 is 19.4 Å². The molecule has 6 nitrogen and oxygen atoms in total. The average Bonchev–Trinajstić information content (AvgIpc) is 2.23. The Kier molecular flexibility index (Phi) is 8.13. The van der Waals surface area contributed by atoms with Crippen molar-refractivity contribution in [1.29, 1.82) is 0 Å². The van der Waals surface area contributed by atoms with Crippen molar-refractivity contribution in [2.45, 2.75) is 45.2 Å². The molecule has 2 atom stereocenters. The van der Waals surface area contributed by atoms with Gasteiger partial charge in [0, 0.05) is 26.2 Å². The molecule has 0 aromatic rings. The highest BCUT2D eigenvalue weighted by atomic mass is 16.5. The fraction of sp³-hybridized carbons (Fsp3) is 0.818. The van der Waals surface area contributed by atoms with Gasteiger partial charge in [-0.05, 0) is 13.3 Å². The van der Waals surface area contributed by atoms with Gasteiger partial charge in [0.05, 0.1) is 0 Å². The fourth-order valence-electron chi connectivity index (χ4n) is 1.42. The Hall–Kier alpha value is -1.30. The number of methoxy groups -OCH3 is 1. The van der Waals surface area contributed by atoms with Crippen LogP contribution in [0.3, 0.4) is 0 Å². The highest BCUT2D eigenvalue weighted by molar-refractivity contribution is 5.82. The van der Waals surface area contributed by atoms with E-state index >= 15 is 0 Å². The third-order valence-electron chi connectivity index (χ3n) is 2.31. The average molecular weight is 246 g/mol. The van der Waals surface area contributed by atoms with Crippen molar-refractivity contribution in [2.75, 3.05) is 13.7 Å². The number of amides is 2. The van der Waals surface area contributed by atoms with Crippen molar-refractivity contribution in [3.05, 3.63) is 0 Å². The largest absolute Gasteiger partial charge is 0.480 e. The molecule has 0 aliphatic carbocycles. The van der Waals surface area contributed by atoms with Gasteiger partial charge in [-0.1, -0.05) is 13.3 Å². The number of ether oxygens (including phenoxy) is 1. The second-order valence-corrected chi connectivity index (χ2v) is 3.98. The third kappa shape index (κ3) is 7.57. The second-order valence-electron chi connectivity index (χ2n) is 3.98. The van der Waals surface area contributed by atoms with Gasteiger partial charge in [0.1, 0.15) is 6.04 Å². The summed E-state index contributed by atoms with van der Waals surface area (Å²) in [7, 11) is 1.49. The molecule has 0 saturated heterocycles. The maximum absolute atomic E-state index is 11.5. The van der Waals surface area contributed by atoms with Crippen LogP contribution in [-0.4, -0.2) is 42.9 Å². The first-order chi connectivity index (χ1) is 8.01. The molecule has 0 radical (unpaired) electrons. The van der Waals surface area contributed by atoms with E-state index in [0.717, 1.165) is 12.8 Å². The molecule has 2 amide bonds. The molecule has 0 heterocycles. The van der Waals surface area contributed by atoms with Gasteiger partial charge < -0.3 is 20.5 Å². The van der Waals surface area contributed by atoms with Crippen LogP contribution in [0.2, 0.25) is 0 Å². The summed E-state index contributed by atoms with van der Waals surface area (Å²) >= 11 is 0. The maximum Gasteiger partial charge on any atom is 0.326 e. The first-order valence-corrected chi connectivity index (χ1v) is 5.80. The summed E-state index contributed by atoms with van der Waals surface area (Å²) in [5.74, 6) is -1.06. The molecule has 6 heteroatoms. The van der Waals surface area contributed by atoms with Gasteiger partial charge in [-0.15, -0.1) is 0 Å². The Morgan fingerprint density at radius 2 is 1.94 bits per heavy atom. The van der Waals surface area contributed by atoms with Crippen LogP contribution in [0.1, 0.15) is 33.1 Å². The van der Waals surface area contributed by atoms with Crippen LogP contribution in [0.15, 0.2) is 0 Å². The van der Waals surface area contributed by atoms with Crippen LogP contribution in [0.4, 0.5) is 4.79 Å². The molecular weight excluding hydrogens is 224 g/mol. The van der Waals surface area contributed by atoms with Gasteiger partial charge >= 0.3 is 12.0 Å². The Balaban J connectivity index is 4.07. The number of carbonyl (C=O) groups excluding carboxylic acids is 1. The summed E-state index contributed by atoms with van der Waals surface area (Å²) in [6.45, 7) is 4.20. The van der Waals surface area contributed by atoms with Crippen molar-refractivity contribution in [3.63, 3.8) is 0 Å². The SMILES string of the molecule is CCCC(C)NC(=O)NC(CCOC)C(=O)O. The highest BCUT2D eigenvalue weighted by Gasteiger charge is 2.19. The van der Waals surface area contributed by atoms with Gasteiger partial charge in [0.25, 0.3) is 0 Å². The molecule has 0 aromatic heterocycles. The molecule has 0 fully saturated rings. The summed E-state index contributed by atoms with van der Waals surface area (Å²) < 4.78 is 4.79. The second kappa shape index (κ2) is 8.81. The molecule has 0 rings (SSSR count). The van der Waals surface area contributed by atoms with Gasteiger partial charge in [-0.3, -0.25) is 0 Å². The maximum atomic E-state index is 11.5. The van der Waals surface area contributed by atoms with Gasteiger partial charge in [-0.2, -0.15) is 0 Å². The van der Waals surface area contributed by atoms with Crippen LogP contribution in [0, 0.1) is 0 Å². The van der Waals surface area contributed by atoms with Gasteiger partial charge in [0.2, 0.25) is 0 Å². The Morgan fingerprint density at radius 1 is 1.29 bits per heavy atom. The molecule has 3 N–H and O–H groups in total. The van der Waals surface area contributed by atoms with Gasteiger partial charge in [0.15, 0.2) is 0 Å². The van der Waals surface area contributed by atoms with Crippen LogP contribution in [0.25, 0.3) is 0 Å². The number of hydrogen-bond donors (Lipinski definition) is 3. The minimum atomic E-state index is -1.06. The van der Waals surface area contributed by atoms with Crippen LogP contribution < -0.4 is 10.6 Å². The molecule has 0 aromatic carbocycles. The molecule has 0 saturated carbocycles. The predicted molar refractivity (Wildman–Crippen MR) is 64.0 cm³/mol. The lowest BCUT2D eigenvalue weighted by Crippen LogP contribution is -2.48. The fourth-order valence-corrected chi connectivity index (χ4v) is 1.42. The number of carbonyl (C=O) groups is 2. The molecule has 17 heavy (non-hydrogen) atoms. The van der Waals surface area contributed by atoms with Gasteiger partial charge in [-0.25, -0.2) is 9.59 Å². The summed E-state index contributed by atoms with van der Waals surface area (Å²) in [5, 5.41) is 14.0. The van der Waals surface area contributed by atoms with Crippen molar-refractivity contribution in [3.8, 4) is 0 Å². The zero-order valence-electron chi connectivity index (χ0n) is 10.7. The van der Waals surface area contributed by atoms with E-state index in [-0.39, 0.29) is 12.5 Å². The quantitative estimate of drug-likeness (QED) is 0.595. The van der Waals surface area contributed by atoms with E-state index < -0.39 is 18.0 Å². The van der Waals surface area contributed by atoms with E-state index in [9.17, 15) is 9.59 Å². The molecular formula is C11H22N2O4. The smallest absolute Gasteiger partial charge is 0.326 e. The summed E-state index contributed by atoms with van der Waals surface area (Å²) in [4.78, 5) is 22.3.